The minimum absolute atomic E-state index is 0.0122. The van der Waals surface area contributed by atoms with Gasteiger partial charge in [0.1, 0.15) is 6.07 Å². The second kappa shape index (κ2) is 6.52. The van der Waals surface area contributed by atoms with Crippen molar-refractivity contribution < 1.29 is 17.9 Å². The molecule has 0 radical (unpaired) electrons. The maximum absolute atomic E-state index is 12.1. The van der Waals surface area contributed by atoms with E-state index < -0.39 is 10.0 Å². The van der Waals surface area contributed by atoms with Gasteiger partial charge in [0, 0.05) is 6.54 Å². The highest BCUT2D eigenvalue weighted by Gasteiger charge is 2.20. The molecule has 1 heterocycles. The van der Waals surface area contributed by atoms with Gasteiger partial charge >= 0.3 is 0 Å². The lowest BCUT2D eigenvalue weighted by molar-refractivity contribution is -0.0846. The second-order valence-corrected chi connectivity index (χ2v) is 6.35. The quantitative estimate of drug-likeness (QED) is 0.891. The van der Waals surface area contributed by atoms with Crippen LogP contribution in [-0.4, -0.2) is 40.9 Å². The molecule has 0 amide bonds. The smallest absolute Gasteiger partial charge is 0.240 e. The first-order valence-electron chi connectivity index (χ1n) is 5.91. The number of ether oxygens (including phenoxy) is 2. The number of rotatable bonds is 4. The summed E-state index contributed by atoms with van der Waals surface area (Å²) >= 11 is 5.83. The Bertz CT molecular complexity index is 621. The summed E-state index contributed by atoms with van der Waals surface area (Å²) in [4.78, 5) is 0.0122. The lowest BCUT2D eigenvalue weighted by Crippen LogP contribution is -2.39. The zero-order chi connectivity index (χ0) is 14.6. The number of sulfonamides is 1. The summed E-state index contributed by atoms with van der Waals surface area (Å²) in [6.45, 7) is 1.46. The molecule has 8 heteroatoms. The molecule has 0 spiro atoms. The van der Waals surface area contributed by atoms with E-state index in [2.05, 4.69) is 4.72 Å². The van der Waals surface area contributed by atoms with Gasteiger partial charge in [-0.2, -0.15) is 5.26 Å². The molecule has 108 valence electrons. The molecule has 0 bridgehead atoms. The number of hydrogen-bond acceptors (Lipinski definition) is 5. The van der Waals surface area contributed by atoms with Crippen LogP contribution in [0.1, 0.15) is 5.56 Å². The van der Waals surface area contributed by atoms with Gasteiger partial charge in [-0.3, -0.25) is 0 Å². The summed E-state index contributed by atoms with van der Waals surface area (Å²) < 4.78 is 37.1. The molecule has 6 nitrogen and oxygen atoms in total. The Hall–Kier alpha value is -1.17. The van der Waals surface area contributed by atoms with E-state index in [0.29, 0.717) is 19.8 Å². The van der Waals surface area contributed by atoms with Gasteiger partial charge in [-0.15, -0.1) is 0 Å². The van der Waals surface area contributed by atoms with Crippen molar-refractivity contribution in [2.24, 2.45) is 0 Å². The summed E-state index contributed by atoms with van der Waals surface area (Å²) in [7, 11) is -3.69. The first-order chi connectivity index (χ1) is 9.53. The first-order valence-corrected chi connectivity index (χ1v) is 7.78. The molecule has 1 saturated heterocycles. The number of halogens is 1. The molecular weight excluding hydrogens is 304 g/mol. The Kier molecular flexibility index (Phi) is 4.96. The van der Waals surface area contributed by atoms with Crippen LogP contribution in [0.25, 0.3) is 0 Å². The van der Waals surface area contributed by atoms with Crippen molar-refractivity contribution in [2.45, 2.75) is 11.0 Å². The predicted octanol–water partition coefficient (Wildman–Crippen LogP) is 0.905. The average Bonchev–Trinajstić information content (AvgIpc) is 2.46. The maximum Gasteiger partial charge on any atom is 0.240 e. The Morgan fingerprint density at radius 2 is 2.25 bits per heavy atom. The van der Waals surface area contributed by atoms with Crippen LogP contribution in [0.15, 0.2) is 23.1 Å². The molecule has 1 N–H and O–H groups in total. The fourth-order valence-electron chi connectivity index (χ4n) is 1.69. The van der Waals surface area contributed by atoms with Crippen LogP contribution in [-0.2, 0) is 19.5 Å². The predicted molar refractivity (Wildman–Crippen MR) is 71.9 cm³/mol. The average molecular weight is 317 g/mol. The summed E-state index contributed by atoms with van der Waals surface area (Å²) in [5.74, 6) is 0. The SMILES string of the molecule is N#Cc1ccc(S(=O)(=O)NCC2COCCO2)cc1Cl. The molecule has 20 heavy (non-hydrogen) atoms. The van der Waals surface area contributed by atoms with Crippen LogP contribution in [0.3, 0.4) is 0 Å². The maximum atomic E-state index is 12.1. The minimum atomic E-state index is -3.69. The van der Waals surface area contributed by atoms with Crippen molar-refractivity contribution in [3.63, 3.8) is 0 Å². The summed E-state index contributed by atoms with van der Waals surface area (Å²) in [5, 5.41) is 8.86. The molecular formula is C12H13ClN2O4S. The summed E-state index contributed by atoms with van der Waals surface area (Å²) in [5.41, 5.74) is 0.231. The van der Waals surface area contributed by atoms with Crippen LogP contribution < -0.4 is 4.72 Å². The first kappa shape index (κ1) is 15.2. The van der Waals surface area contributed by atoms with Gasteiger partial charge in [-0.1, -0.05) is 11.6 Å². The highest BCUT2D eigenvalue weighted by Crippen LogP contribution is 2.20. The van der Waals surface area contributed by atoms with E-state index in [1.807, 2.05) is 6.07 Å². The zero-order valence-electron chi connectivity index (χ0n) is 10.5. The number of nitriles is 1. The van der Waals surface area contributed by atoms with Crippen LogP contribution >= 0.6 is 11.6 Å². The number of nitrogens with one attached hydrogen (secondary N) is 1. The van der Waals surface area contributed by atoms with Crippen LogP contribution in [0.5, 0.6) is 0 Å². The van der Waals surface area contributed by atoms with Crippen molar-refractivity contribution in [2.75, 3.05) is 26.4 Å². The number of benzene rings is 1. The molecule has 0 aliphatic carbocycles. The standard InChI is InChI=1S/C12H13ClN2O4S/c13-12-5-11(2-1-9(12)6-14)20(16,17)15-7-10-8-18-3-4-19-10/h1-2,5,10,15H,3-4,7-8H2. The normalized spacial score (nSPS) is 19.5. The molecule has 0 saturated carbocycles. The number of hydrogen-bond donors (Lipinski definition) is 1. The van der Waals surface area contributed by atoms with E-state index in [9.17, 15) is 8.42 Å². The molecule has 0 aromatic heterocycles. The Balaban J connectivity index is 2.06. The largest absolute Gasteiger partial charge is 0.376 e. The van der Waals surface area contributed by atoms with Gasteiger partial charge in [0.25, 0.3) is 0 Å². The van der Waals surface area contributed by atoms with E-state index in [1.54, 1.807) is 0 Å². The fraction of sp³-hybridized carbons (Fsp3) is 0.417. The van der Waals surface area contributed by atoms with E-state index in [-0.39, 0.29) is 28.1 Å². The highest BCUT2D eigenvalue weighted by molar-refractivity contribution is 7.89. The van der Waals surface area contributed by atoms with Gasteiger partial charge in [0.15, 0.2) is 0 Å². The molecule has 1 unspecified atom stereocenters. The van der Waals surface area contributed by atoms with Gasteiger partial charge < -0.3 is 9.47 Å². The Morgan fingerprint density at radius 1 is 1.45 bits per heavy atom. The molecule has 1 atom stereocenters. The van der Waals surface area contributed by atoms with Crippen molar-refractivity contribution in [1.82, 2.24) is 4.72 Å². The van der Waals surface area contributed by atoms with Gasteiger partial charge in [0.2, 0.25) is 10.0 Å². The van der Waals surface area contributed by atoms with E-state index in [1.165, 1.54) is 18.2 Å². The minimum Gasteiger partial charge on any atom is -0.376 e. The lowest BCUT2D eigenvalue weighted by Gasteiger charge is -2.23. The summed E-state index contributed by atoms with van der Waals surface area (Å²) in [6.07, 6.45) is -0.299. The lowest BCUT2D eigenvalue weighted by atomic mass is 10.2. The Morgan fingerprint density at radius 3 is 2.85 bits per heavy atom. The summed E-state index contributed by atoms with van der Waals surface area (Å²) in [6, 6.07) is 5.83. The van der Waals surface area contributed by atoms with Crippen molar-refractivity contribution in [3.05, 3.63) is 28.8 Å². The fourth-order valence-corrected chi connectivity index (χ4v) is 3.07. The monoisotopic (exact) mass is 316 g/mol. The number of nitrogens with zero attached hydrogens (tertiary/aromatic N) is 1. The molecule has 1 aliphatic rings. The molecule has 1 fully saturated rings. The second-order valence-electron chi connectivity index (χ2n) is 4.17. The topological polar surface area (TPSA) is 88.4 Å². The third-order valence-corrected chi connectivity index (χ3v) is 4.49. The van der Waals surface area contributed by atoms with Gasteiger partial charge in [-0.25, -0.2) is 13.1 Å². The van der Waals surface area contributed by atoms with E-state index in [4.69, 9.17) is 26.3 Å². The highest BCUT2D eigenvalue weighted by atomic mass is 35.5. The van der Waals surface area contributed by atoms with Crippen LogP contribution in [0, 0.1) is 11.3 Å². The molecule has 1 aliphatic heterocycles. The molecule has 2 rings (SSSR count). The Labute approximate surface area is 122 Å². The zero-order valence-corrected chi connectivity index (χ0v) is 12.1. The third-order valence-electron chi connectivity index (χ3n) is 2.76. The molecule has 1 aromatic carbocycles. The van der Waals surface area contributed by atoms with Crippen molar-refractivity contribution >= 4 is 21.6 Å². The van der Waals surface area contributed by atoms with E-state index in [0.717, 1.165) is 0 Å². The van der Waals surface area contributed by atoms with Crippen molar-refractivity contribution in [3.8, 4) is 6.07 Å². The van der Waals surface area contributed by atoms with E-state index >= 15 is 0 Å². The van der Waals surface area contributed by atoms with Crippen molar-refractivity contribution in [1.29, 1.82) is 5.26 Å². The van der Waals surface area contributed by atoms with Gasteiger partial charge in [-0.05, 0) is 18.2 Å². The van der Waals surface area contributed by atoms with Crippen LogP contribution in [0.4, 0.5) is 0 Å². The molecule has 1 aromatic rings. The third kappa shape index (κ3) is 3.69. The van der Waals surface area contributed by atoms with Gasteiger partial charge in [0.05, 0.1) is 41.4 Å². The van der Waals surface area contributed by atoms with Crippen LogP contribution in [0.2, 0.25) is 5.02 Å².